The van der Waals surface area contributed by atoms with Crippen LogP contribution in [0, 0.1) is 13.8 Å². The first-order valence-corrected chi connectivity index (χ1v) is 10.8. The van der Waals surface area contributed by atoms with E-state index in [0.717, 1.165) is 11.3 Å². The molecule has 0 saturated carbocycles. The molecular weight excluding hydrogens is 420 g/mol. The molecule has 2 aliphatic heterocycles. The monoisotopic (exact) mass is 444 g/mol. The molecule has 168 valence electrons. The van der Waals surface area contributed by atoms with Crippen molar-refractivity contribution < 1.29 is 23.8 Å². The number of likely N-dealkylation sites (N-methyl/N-ethyl adjacent to an activating group) is 1. The molecule has 0 aliphatic carbocycles. The minimum atomic E-state index is -0.883. The van der Waals surface area contributed by atoms with Crippen molar-refractivity contribution in [2.75, 3.05) is 30.0 Å². The Bertz CT molecular complexity index is 1290. The predicted octanol–water partition coefficient (Wildman–Crippen LogP) is 4.35. The van der Waals surface area contributed by atoms with Crippen molar-refractivity contribution in [3.8, 4) is 5.75 Å². The molecule has 33 heavy (non-hydrogen) atoms. The molecule has 0 spiro atoms. The lowest BCUT2D eigenvalue weighted by atomic mass is 9.98. The lowest BCUT2D eigenvalue weighted by molar-refractivity contribution is -0.132. The number of nitrogens with zero attached hydrogens (tertiary/aromatic N) is 2. The summed E-state index contributed by atoms with van der Waals surface area (Å²) in [6, 6.07) is 15.2. The van der Waals surface area contributed by atoms with Gasteiger partial charge >= 0.3 is 0 Å². The smallest absolute Gasteiger partial charge is 0.300 e. The number of aliphatic hydroxyl groups excluding tert-OH is 1. The van der Waals surface area contributed by atoms with Gasteiger partial charge in [0.2, 0.25) is 0 Å². The fourth-order valence-corrected chi connectivity index (χ4v) is 4.33. The van der Waals surface area contributed by atoms with Crippen LogP contribution >= 0.6 is 0 Å². The number of furan rings is 1. The number of fused-ring (bicyclic) bond motifs is 1. The number of ketones is 1. The number of Topliss-reactive ketones (excluding diaryl/α,β-unsaturated/α-hetero) is 1. The number of anilines is 2. The molecule has 2 aliphatic rings. The second-order valence-corrected chi connectivity index (χ2v) is 8.41. The van der Waals surface area contributed by atoms with Gasteiger partial charge in [0.25, 0.3) is 11.7 Å². The molecule has 1 N–H and O–H groups in total. The molecule has 3 heterocycles. The van der Waals surface area contributed by atoms with Crippen LogP contribution in [0.4, 0.5) is 11.4 Å². The normalized spacial score (nSPS) is 19.5. The van der Waals surface area contributed by atoms with Crippen LogP contribution in [0.5, 0.6) is 5.75 Å². The van der Waals surface area contributed by atoms with Gasteiger partial charge in [-0.1, -0.05) is 17.7 Å². The summed E-state index contributed by atoms with van der Waals surface area (Å²) in [6.07, 6.45) is 0. The molecule has 0 radical (unpaired) electrons. The summed E-state index contributed by atoms with van der Waals surface area (Å²) in [7, 11) is 1.94. The first-order chi connectivity index (χ1) is 15.8. The number of hydrogen-bond donors (Lipinski definition) is 1. The third-order valence-corrected chi connectivity index (χ3v) is 6.12. The number of ether oxygens (including phenoxy) is 1. The number of carbonyl (C=O) groups excluding carboxylic acids is 2. The van der Waals surface area contributed by atoms with Gasteiger partial charge in [0, 0.05) is 18.3 Å². The standard InChI is InChI=1S/C26H24N2O5/c1-15-4-8-18(9-5-15)28-23(21-10-6-16(2)33-21)22(25(30)26(28)31)24(29)17-7-11-20-19(14-17)27(3)12-13-32-20/h4-11,14,23,29H,12-13H2,1-3H3/b24-22-. The highest BCUT2D eigenvalue weighted by Gasteiger charge is 2.48. The van der Waals surface area contributed by atoms with Gasteiger partial charge in [-0.2, -0.15) is 0 Å². The van der Waals surface area contributed by atoms with Gasteiger partial charge in [-0.15, -0.1) is 0 Å². The van der Waals surface area contributed by atoms with Crippen molar-refractivity contribution in [1.82, 2.24) is 0 Å². The van der Waals surface area contributed by atoms with Crippen LogP contribution in [0.25, 0.3) is 5.76 Å². The molecule has 0 bridgehead atoms. The maximum absolute atomic E-state index is 13.2. The zero-order valence-electron chi connectivity index (χ0n) is 18.7. The van der Waals surface area contributed by atoms with Crippen molar-refractivity contribution >= 4 is 28.8 Å². The van der Waals surface area contributed by atoms with Gasteiger partial charge in [0.15, 0.2) is 0 Å². The lowest BCUT2D eigenvalue weighted by Gasteiger charge is -2.28. The third-order valence-electron chi connectivity index (χ3n) is 6.12. The van der Waals surface area contributed by atoms with E-state index in [2.05, 4.69) is 0 Å². The molecule has 1 aromatic heterocycles. The summed E-state index contributed by atoms with van der Waals surface area (Å²) in [4.78, 5) is 29.8. The number of rotatable bonds is 3. The van der Waals surface area contributed by atoms with E-state index >= 15 is 0 Å². The highest BCUT2D eigenvalue weighted by Crippen LogP contribution is 2.43. The first-order valence-electron chi connectivity index (χ1n) is 10.8. The summed E-state index contributed by atoms with van der Waals surface area (Å²) in [5.41, 5.74) is 2.82. The van der Waals surface area contributed by atoms with Crippen LogP contribution in [-0.2, 0) is 9.59 Å². The SMILES string of the molecule is Cc1ccc(N2C(=O)C(=O)/C(=C(\O)c3ccc4c(c3)N(C)CCO4)C2c2ccc(C)o2)cc1. The van der Waals surface area contributed by atoms with Gasteiger partial charge in [-0.05, 0) is 56.3 Å². The Labute approximate surface area is 191 Å². The summed E-state index contributed by atoms with van der Waals surface area (Å²) in [5, 5.41) is 11.3. The number of benzene rings is 2. The Hall–Kier alpha value is -4.00. The Morgan fingerprint density at radius 2 is 1.79 bits per heavy atom. The number of aliphatic hydroxyl groups is 1. The van der Waals surface area contributed by atoms with Gasteiger partial charge in [-0.25, -0.2) is 0 Å². The molecule has 1 amide bonds. The van der Waals surface area contributed by atoms with E-state index in [1.807, 2.05) is 31.0 Å². The molecule has 1 fully saturated rings. The summed E-state index contributed by atoms with van der Waals surface area (Å²) < 4.78 is 11.5. The third kappa shape index (κ3) is 3.46. The van der Waals surface area contributed by atoms with E-state index in [4.69, 9.17) is 9.15 Å². The van der Waals surface area contributed by atoms with Crippen molar-refractivity contribution in [2.45, 2.75) is 19.9 Å². The second-order valence-electron chi connectivity index (χ2n) is 8.41. The predicted molar refractivity (Wildman–Crippen MR) is 125 cm³/mol. The highest BCUT2D eigenvalue weighted by molar-refractivity contribution is 6.51. The van der Waals surface area contributed by atoms with E-state index < -0.39 is 17.7 Å². The second kappa shape index (κ2) is 7.85. The molecule has 7 nitrogen and oxygen atoms in total. The van der Waals surface area contributed by atoms with Gasteiger partial charge in [0.05, 0.1) is 17.8 Å². The van der Waals surface area contributed by atoms with Gasteiger partial charge < -0.3 is 19.2 Å². The summed E-state index contributed by atoms with van der Waals surface area (Å²) in [6.45, 7) is 5.03. The maximum Gasteiger partial charge on any atom is 0.300 e. The Morgan fingerprint density at radius 3 is 2.48 bits per heavy atom. The zero-order chi connectivity index (χ0) is 23.3. The van der Waals surface area contributed by atoms with E-state index in [0.29, 0.717) is 41.7 Å². The zero-order valence-corrected chi connectivity index (χ0v) is 18.7. The van der Waals surface area contributed by atoms with Crippen LogP contribution in [0.3, 0.4) is 0 Å². The van der Waals surface area contributed by atoms with Crippen LogP contribution in [0.1, 0.15) is 28.7 Å². The molecule has 5 rings (SSSR count). The molecule has 3 aromatic rings. The summed E-state index contributed by atoms with van der Waals surface area (Å²) in [5.74, 6) is 0.0500. The molecular formula is C26H24N2O5. The number of aryl methyl sites for hydroxylation is 2. The van der Waals surface area contributed by atoms with Crippen LogP contribution in [0.2, 0.25) is 0 Å². The number of carbonyl (C=O) groups is 2. The summed E-state index contributed by atoms with van der Waals surface area (Å²) >= 11 is 0. The minimum absolute atomic E-state index is 0.00532. The van der Waals surface area contributed by atoms with Crippen molar-refractivity contribution in [3.63, 3.8) is 0 Å². The van der Waals surface area contributed by atoms with Crippen LogP contribution in [0.15, 0.2) is 64.6 Å². The number of hydrogen-bond acceptors (Lipinski definition) is 6. The van der Waals surface area contributed by atoms with Gasteiger partial charge in [-0.3, -0.25) is 14.5 Å². The largest absolute Gasteiger partial charge is 0.507 e. The Kier molecular flexibility index (Phi) is 4.96. The van der Waals surface area contributed by atoms with Crippen molar-refractivity contribution in [3.05, 3.63) is 82.8 Å². The fourth-order valence-electron chi connectivity index (χ4n) is 4.33. The van der Waals surface area contributed by atoms with E-state index in [1.54, 1.807) is 49.4 Å². The fraction of sp³-hybridized carbons (Fsp3) is 0.231. The topological polar surface area (TPSA) is 83.2 Å². The average Bonchev–Trinajstić information content (AvgIpc) is 3.35. The van der Waals surface area contributed by atoms with Crippen LogP contribution < -0.4 is 14.5 Å². The molecule has 2 aromatic carbocycles. The Balaban J connectivity index is 1.68. The highest BCUT2D eigenvalue weighted by atomic mass is 16.5. The van der Waals surface area contributed by atoms with Crippen LogP contribution in [-0.4, -0.2) is 37.0 Å². The lowest BCUT2D eigenvalue weighted by Crippen LogP contribution is -2.29. The van der Waals surface area contributed by atoms with E-state index in [-0.39, 0.29) is 11.3 Å². The minimum Gasteiger partial charge on any atom is -0.507 e. The first kappa shape index (κ1) is 20.9. The molecule has 1 saturated heterocycles. The molecule has 1 unspecified atom stereocenters. The molecule has 7 heteroatoms. The maximum atomic E-state index is 13.2. The quantitative estimate of drug-likeness (QED) is 0.367. The van der Waals surface area contributed by atoms with E-state index in [9.17, 15) is 14.7 Å². The van der Waals surface area contributed by atoms with E-state index in [1.165, 1.54) is 4.90 Å². The Morgan fingerprint density at radius 1 is 1.03 bits per heavy atom. The number of amides is 1. The van der Waals surface area contributed by atoms with Gasteiger partial charge in [0.1, 0.15) is 35.7 Å². The molecule has 1 atom stereocenters. The van der Waals surface area contributed by atoms with Crippen molar-refractivity contribution in [1.29, 1.82) is 0 Å². The van der Waals surface area contributed by atoms with Crippen molar-refractivity contribution in [2.24, 2.45) is 0 Å². The average molecular weight is 444 g/mol.